The molecule has 0 bridgehead atoms. The summed E-state index contributed by atoms with van der Waals surface area (Å²) in [5, 5.41) is 7.23. The van der Waals surface area contributed by atoms with Gasteiger partial charge in [-0.1, -0.05) is 19.1 Å². The van der Waals surface area contributed by atoms with E-state index in [-0.39, 0.29) is 16.6 Å². The van der Waals surface area contributed by atoms with E-state index in [0.29, 0.717) is 48.2 Å². The first kappa shape index (κ1) is 24.1. The molecule has 2 heterocycles. The van der Waals surface area contributed by atoms with E-state index in [1.807, 2.05) is 12.1 Å². The van der Waals surface area contributed by atoms with E-state index in [0.717, 1.165) is 18.4 Å². The van der Waals surface area contributed by atoms with E-state index < -0.39 is 10.0 Å². The fourth-order valence-corrected chi connectivity index (χ4v) is 6.08. The van der Waals surface area contributed by atoms with Crippen LogP contribution in [0.4, 0.5) is 10.1 Å². The fourth-order valence-electron chi connectivity index (χ4n) is 4.23. The first-order chi connectivity index (χ1) is 16.1. The second-order valence-corrected chi connectivity index (χ2v) is 10.8. The van der Waals surface area contributed by atoms with Crippen LogP contribution in [-0.2, 0) is 16.6 Å². The maximum Gasteiger partial charge on any atom is 0.255 e. The summed E-state index contributed by atoms with van der Waals surface area (Å²) in [6.07, 6.45) is 1.74. The lowest BCUT2D eigenvalue weighted by molar-refractivity contribution is 0.102. The summed E-state index contributed by atoms with van der Waals surface area (Å²) in [7, 11) is -3.60. The summed E-state index contributed by atoms with van der Waals surface area (Å²) in [6.45, 7) is 7.12. The average molecular weight is 485 g/mol. The third kappa shape index (κ3) is 5.05. The maximum absolute atomic E-state index is 13.3. The molecule has 1 N–H and O–H groups in total. The number of nitrogens with zero attached hydrogens (tertiary/aromatic N) is 3. The van der Waals surface area contributed by atoms with Crippen LogP contribution in [0.5, 0.6) is 0 Å². The van der Waals surface area contributed by atoms with Gasteiger partial charge in [-0.2, -0.15) is 9.40 Å². The van der Waals surface area contributed by atoms with Crippen molar-refractivity contribution < 1.29 is 17.6 Å². The number of aromatic nitrogens is 2. The number of amides is 1. The van der Waals surface area contributed by atoms with Crippen LogP contribution in [-0.4, -0.2) is 41.5 Å². The van der Waals surface area contributed by atoms with Crippen LogP contribution in [0.25, 0.3) is 0 Å². The van der Waals surface area contributed by atoms with Gasteiger partial charge in [0.25, 0.3) is 5.91 Å². The molecule has 1 aliphatic heterocycles. The van der Waals surface area contributed by atoms with Crippen molar-refractivity contribution in [2.45, 2.75) is 45.1 Å². The summed E-state index contributed by atoms with van der Waals surface area (Å²) in [6, 6.07) is 12.6. The van der Waals surface area contributed by atoms with Crippen LogP contribution < -0.4 is 5.32 Å². The molecule has 180 valence electrons. The molecule has 1 aliphatic rings. The Bertz CT molecular complexity index is 1280. The Morgan fingerprint density at radius 1 is 1.06 bits per heavy atom. The number of hydrogen-bond acceptors (Lipinski definition) is 4. The van der Waals surface area contributed by atoms with Gasteiger partial charge in [-0.3, -0.25) is 9.48 Å². The highest BCUT2D eigenvalue weighted by atomic mass is 32.2. The Hall–Kier alpha value is -3.04. The molecule has 1 saturated heterocycles. The van der Waals surface area contributed by atoms with Crippen molar-refractivity contribution in [3.63, 3.8) is 0 Å². The highest BCUT2D eigenvalue weighted by Crippen LogP contribution is 2.28. The molecule has 4 rings (SSSR count). The molecule has 0 saturated carbocycles. The van der Waals surface area contributed by atoms with Crippen LogP contribution in [0, 0.1) is 25.6 Å². The highest BCUT2D eigenvalue weighted by Gasteiger charge is 2.33. The molecule has 0 spiro atoms. The number of carbonyl (C=O) groups is 1. The van der Waals surface area contributed by atoms with Gasteiger partial charge in [0.15, 0.2) is 0 Å². The minimum Gasteiger partial charge on any atom is -0.322 e. The second kappa shape index (κ2) is 9.68. The predicted molar refractivity (Wildman–Crippen MR) is 129 cm³/mol. The van der Waals surface area contributed by atoms with E-state index in [1.54, 1.807) is 35.0 Å². The molecule has 1 aromatic heterocycles. The molecular weight excluding hydrogens is 455 g/mol. The van der Waals surface area contributed by atoms with Crippen molar-refractivity contribution in [2.24, 2.45) is 5.92 Å². The summed E-state index contributed by atoms with van der Waals surface area (Å²) in [5.74, 6) is -0.126. The standard InChI is InChI=1S/C25H29FN4O3S/c1-17-12-14-29(15-13-17)34(32,33)24-18(2)28-30(19(24)3)16-20-4-6-21(7-5-20)25(31)27-23-10-8-22(26)9-11-23/h4-11,17H,12-16H2,1-3H3,(H,27,31). The molecular formula is C25H29FN4O3S. The normalized spacial score (nSPS) is 15.4. The van der Waals surface area contributed by atoms with Gasteiger partial charge in [-0.15, -0.1) is 0 Å². The van der Waals surface area contributed by atoms with E-state index in [9.17, 15) is 17.6 Å². The van der Waals surface area contributed by atoms with Crippen molar-refractivity contribution in [1.82, 2.24) is 14.1 Å². The molecule has 3 aromatic rings. The molecule has 2 aromatic carbocycles. The zero-order chi connectivity index (χ0) is 24.5. The van der Waals surface area contributed by atoms with Crippen LogP contribution >= 0.6 is 0 Å². The van der Waals surface area contributed by atoms with Crippen LogP contribution in [0.1, 0.15) is 47.1 Å². The van der Waals surface area contributed by atoms with Gasteiger partial charge >= 0.3 is 0 Å². The predicted octanol–water partition coefficient (Wildman–Crippen LogP) is 4.36. The molecule has 0 radical (unpaired) electrons. The van der Waals surface area contributed by atoms with Crippen molar-refractivity contribution >= 4 is 21.6 Å². The third-order valence-corrected chi connectivity index (χ3v) is 8.46. The lowest BCUT2D eigenvalue weighted by atomic mass is 10.0. The lowest BCUT2D eigenvalue weighted by Crippen LogP contribution is -2.38. The Kier molecular flexibility index (Phi) is 6.86. The summed E-state index contributed by atoms with van der Waals surface area (Å²) >= 11 is 0. The Labute approximate surface area is 199 Å². The summed E-state index contributed by atoms with van der Waals surface area (Å²) in [5.41, 5.74) is 2.96. The number of rotatable bonds is 6. The van der Waals surface area contributed by atoms with E-state index in [1.165, 1.54) is 24.3 Å². The maximum atomic E-state index is 13.3. The third-order valence-electron chi connectivity index (χ3n) is 6.31. The molecule has 7 nitrogen and oxygen atoms in total. The Morgan fingerprint density at radius 3 is 2.29 bits per heavy atom. The number of carbonyl (C=O) groups excluding carboxylic acids is 1. The number of nitrogens with one attached hydrogen (secondary N) is 1. The Morgan fingerprint density at radius 2 is 1.68 bits per heavy atom. The van der Waals surface area contributed by atoms with Crippen molar-refractivity contribution in [1.29, 1.82) is 0 Å². The number of benzene rings is 2. The molecule has 0 unspecified atom stereocenters. The zero-order valence-electron chi connectivity index (χ0n) is 19.6. The van der Waals surface area contributed by atoms with Crippen molar-refractivity contribution in [2.75, 3.05) is 18.4 Å². The summed E-state index contributed by atoms with van der Waals surface area (Å²) < 4.78 is 42.9. The van der Waals surface area contributed by atoms with Gasteiger partial charge in [0.1, 0.15) is 10.7 Å². The fraction of sp³-hybridized carbons (Fsp3) is 0.360. The molecule has 1 fully saturated rings. The van der Waals surface area contributed by atoms with Crippen LogP contribution in [0.3, 0.4) is 0 Å². The van der Waals surface area contributed by atoms with Gasteiger partial charge in [-0.05, 0) is 74.6 Å². The van der Waals surface area contributed by atoms with Crippen molar-refractivity contribution in [3.05, 3.63) is 76.9 Å². The largest absolute Gasteiger partial charge is 0.322 e. The topological polar surface area (TPSA) is 84.3 Å². The van der Waals surface area contributed by atoms with Gasteiger partial charge in [-0.25, -0.2) is 12.8 Å². The highest BCUT2D eigenvalue weighted by molar-refractivity contribution is 7.89. The van der Waals surface area contributed by atoms with Gasteiger partial charge in [0.05, 0.1) is 17.9 Å². The van der Waals surface area contributed by atoms with Crippen LogP contribution in [0.2, 0.25) is 0 Å². The molecule has 34 heavy (non-hydrogen) atoms. The summed E-state index contributed by atoms with van der Waals surface area (Å²) in [4.78, 5) is 12.7. The van der Waals surface area contributed by atoms with E-state index >= 15 is 0 Å². The monoisotopic (exact) mass is 484 g/mol. The number of anilines is 1. The number of aryl methyl sites for hydroxylation is 1. The average Bonchev–Trinajstić information content (AvgIpc) is 3.09. The molecule has 9 heteroatoms. The van der Waals surface area contributed by atoms with Gasteiger partial charge < -0.3 is 5.32 Å². The number of sulfonamides is 1. The van der Waals surface area contributed by atoms with E-state index in [2.05, 4.69) is 17.3 Å². The first-order valence-corrected chi connectivity index (χ1v) is 12.8. The second-order valence-electron chi connectivity index (χ2n) is 8.90. The smallest absolute Gasteiger partial charge is 0.255 e. The first-order valence-electron chi connectivity index (χ1n) is 11.3. The molecule has 1 amide bonds. The van der Waals surface area contributed by atoms with Crippen molar-refractivity contribution in [3.8, 4) is 0 Å². The van der Waals surface area contributed by atoms with Gasteiger partial charge in [0.2, 0.25) is 10.0 Å². The van der Waals surface area contributed by atoms with E-state index in [4.69, 9.17) is 0 Å². The van der Waals surface area contributed by atoms with Crippen LogP contribution in [0.15, 0.2) is 53.4 Å². The number of piperidine rings is 1. The molecule has 0 aliphatic carbocycles. The zero-order valence-corrected chi connectivity index (χ0v) is 20.4. The quantitative estimate of drug-likeness (QED) is 0.563. The number of halogens is 1. The Balaban J connectivity index is 1.48. The van der Waals surface area contributed by atoms with Gasteiger partial charge in [0, 0.05) is 24.3 Å². The molecule has 0 atom stereocenters. The number of hydrogen-bond donors (Lipinski definition) is 1. The minimum atomic E-state index is -3.60. The SMILES string of the molecule is Cc1nn(Cc2ccc(C(=O)Nc3ccc(F)cc3)cc2)c(C)c1S(=O)(=O)N1CCC(C)CC1. The minimum absolute atomic E-state index is 0.289. The lowest BCUT2D eigenvalue weighted by Gasteiger charge is -2.29.